The molecule has 0 amide bonds. The zero-order valence-electron chi connectivity index (χ0n) is 10.6. The Labute approximate surface area is 105 Å². The minimum Gasteiger partial charge on any atom is -0.338 e. The number of nitrogens with zero attached hydrogens (tertiary/aromatic N) is 8. The summed E-state index contributed by atoms with van der Waals surface area (Å²) in [6.45, 7) is 5.66. The van der Waals surface area contributed by atoms with Gasteiger partial charge in [0.25, 0.3) is 0 Å². The molecule has 0 radical (unpaired) electrons. The standard InChI is InChI=1S/C10H16N8/c1-3-8-12-9(15-16-11)14-10(13-8)18-6-4-17(2)5-7-18/h3-7H2,1-2H3. The van der Waals surface area contributed by atoms with Gasteiger partial charge in [-0.15, -0.1) is 0 Å². The molecule has 0 aromatic carbocycles. The number of hydrogen-bond donors (Lipinski definition) is 0. The van der Waals surface area contributed by atoms with Gasteiger partial charge in [0.15, 0.2) is 0 Å². The summed E-state index contributed by atoms with van der Waals surface area (Å²) < 4.78 is 0. The molecule has 1 aromatic rings. The van der Waals surface area contributed by atoms with Crippen LogP contribution in [0.1, 0.15) is 12.7 Å². The van der Waals surface area contributed by atoms with Crippen LogP contribution in [0.25, 0.3) is 10.4 Å². The molecule has 1 fully saturated rings. The fraction of sp³-hybridized carbons (Fsp3) is 0.700. The molecule has 2 heterocycles. The largest absolute Gasteiger partial charge is 0.338 e. The van der Waals surface area contributed by atoms with Gasteiger partial charge in [0.2, 0.25) is 11.9 Å². The lowest BCUT2D eigenvalue weighted by Gasteiger charge is -2.32. The maximum absolute atomic E-state index is 8.46. The van der Waals surface area contributed by atoms with Crippen molar-refractivity contribution in [1.29, 1.82) is 0 Å². The van der Waals surface area contributed by atoms with Crippen LogP contribution in [0.4, 0.5) is 11.9 Å². The van der Waals surface area contributed by atoms with Crippen LogP contribution in [0.3, 0.4) is 0 Å². The van der Waals surface area contributed by atoms with E-state index in [-0.39, 0.29) is 5.95 Å². The molecule has 0 atom stereocenters. The third kappa shape index (κ3) is 2.85. The number of hydrogen-bond acceptors (Lipinski definition) is 6. The Morgan fingerprint density at radius 1 is 1.22 bits per heavy atom. The molecule has 1 aliphatic heterocycles. The molecule has 2 rings (SSSR count). The molecular weight excluding hydrogens is 232 g/mol. The number of aromatic nitrogens is 3. The topological polar surface area (TPSA) is 93.9 Å². The summed E-state index contributed by atoms with van der Waals surface area (Å²) in [6, 6.07) is 0. The number of rotatable bonds is 3. The normalized spacial score (nSPS) is 16.4. The summed E-state index contributed by atoms with van der Waals surface area (Å²) in [7, 11) is 2.09. The van der Waals surface area contributed by atoms with E-state index >= 15 is 0 Å². The van der Waals surface area contributed by atoms with Gasteiger partial charge in [-0.25, -0.2) is 4.98 Å². The van der Waals surface area contributed by atoms with Crippen LogP contribution in [-0.4, -0.2) is 53.1 Å². The highest BCUT2D eigenvalue weighted by Gasteiger charge is 2.17. The van der Waals surface area contributed by atoms with Crippen molar-refractivity contribution in [1.82, 2.24) is 19.9 Å². The van der Waals surface area contributed by atoms with Gasteiger partial charge >= 0.3 is 0 Å². The Morgan fingerprint density at radius 3 is 2.56 bits per heavy atom. The van der Waals surface area contributed by atoms with Crippen molar-refractivity contribution in [3.8, 4) is 0 Å². The average molecular weight is 248 g/mol. The number of aryl methyl sites for hydroxylation is 1. The molecule has 8 nitrogen and oxygen atoms in total. The molecule has 0 spiro atoms. The fourth-order valence-corrected chi connectivity index (χ4v) is 1.79. The molecule has 0 unspecified atom stereocenters. The van der Waals surface area contributed by atoms with Crippen LogP contribution >= 0.6 is 0 Å². The third-order valence-electron chi connectivity index (χ3n) is 2.89. The first-order valence-corrected chi connectivity index (χ1v) is 5.96. The van der Waals surface area contributed by atoms with Crippen molar-refractivity contribution >= 4 is 11.9 Å². The second-order valence-electron chi connectivity index (χ2n) is 4.18. The number of azide groups is 1. The predicted molar refractivity (Wildman–Crippen MR) is 67.7 cm³/mol. The minimum absolute atomic E-state index is 0.151. The lowest BCUT2D eigenvalue weighted by molar-refractivity contribution is 0.311. The Balaban J connectivity index is 2.26. The van der Waals surface area contributed by atoms with E-state index in [1.807, 2.05) is 6.92 Å². The summed E-state index contributed by atoms with van der Waals surface area (Å²) in [5.74, 6) is 1.41. The average Bonchev–Trinajstić information content (AvgIpc) is 2.39. The molecular formula is C10H16N8. The van der Waals surface area contributed by atoms with Gasteiger partial charge < -0.3 is 9.80 Å². The zero-order valence-corrected chi connectivity index (χ0v) is 10.6. The maximum Gasteiger partial charge on any atom is 0.229 e. The zero-order chi connectivity index (χ0) is 13.0. The van der Waals surface area contributed by atoms with Gasteiger partial charge in [0.1, 0.15) is 5.82 Å². The molecule has 0 N–H and O–H groups in total. The first-order valence-electron chi connectivity index (χ1n) is 5.96. The summed E-state index contributed by atoms with van der Waals surface area (Å²) in [4.78, 5) is 19.7. The molecule has 18 heavy (non-hydrogen) atoms. The number of piperazine rings is 1. The second-order valence-corrected chi connectivity index (χ2v) is 4.18. The number of anilines is 1. The lowest BCUT2D eigenvalue weighted by Crippen LogP contribution is -2.45. The van der Waals surface area contributed by atoms with E-state index in [2.05, 4.69) is 41.8 Å². The van der Waals surface area contributed by atoms with Crippen LogP contribution in [-0.2, 0) is 6.42 Å². The summed E-state index contributed by atoms with van der Waals surface area (Å²) >= 11 is 0. The van der Waals surface area contributed by atoms with Crippen molar-refractivity contribution in [2.75, 3.05) is 38.1 Å². The van der Waals surface area contributed by atoms with E-state index in [0.29, 0.717) is 18.2 Å². The van der Waals surface area contributed by atoms with Crippen LogP contribution in [0.15, 0.2) is 5.11 Å². The van der Waals surface area contributed by atoms with E-state index in [0.717, 1.165) is 26.2 Å². The van der Waals surface area contributed by atoms with Crippen molar-refractivity contribution < 1.29 is 0 Å². The first kappa shape index (κ1) is 12.5. The van der Waals surface area contributed by atoms with Gasteiger partial charge in [-0.2, -0.15) is 9.97 Å². The quantitative estimate of drug-likeness (QED) is 0.454. The van der Waals surface area contributed by atoms with E-state index in [1.165, 1.54) is 0 Å². The van der Waals surface area contributed by atoms with E-state index in [9.17, 15) is 0 Å². The van der Waals surface area contributed by atoms with Crippen molar-refractivity contribution in [3.05, 3.63) is 16.3 Å². The Bertz CT molecular complexity index is 459. The van der Waals surface area contributed by atoms with Gasteiger partial charge in [0, 0.05) is 37.5 Å². The molecule has 0 saturated carbocycles. The van der Waals surface area contributed by atoms with Crippen LogP contribution < -0.4 is 4.90 Å². The summed E-state index contributed by atoms with van der Waals surface area (Å²) in [6.07, 6.45) is 0.692. The Morgan fingerprint density at radius 2 is 1.94 bits per heavy atom. The molecule has 8 heteroatoms. The molecule has 0 bridgehead atoms. The van der Waals surface area contributed by atoms with Crippen molar-refractivity contribution in [2.45, 2.75) is 13.3 Å². The lowest BCUT2D eigenvalue weighted by atomic mass is 10.3. The van der Waals surface area contributed by atoms with Gasteiger partial charge in [-0.3, -0.25) is 0 Å². The predicted octanol–water partition coefficient (Wildman–Crippen LogP) is 1.13. The molecule has 1 aliphatic rings. The monoisotopic (exact) mass is 248 g/mol. The minimum atomic E-state index is 0.151. The third-order valence-corrected chi connectivity index (χ3v) is 2.89. The van der Waals surface area contributed by atoms with Crippen LogP contribution in [0.2, 0.25) is 0 Å². The van der Waals surface area contributed by atoms with Gasteiger partial charge in [-0.05, 0) is 17.7 Å². The second kappa shape index (κ2) is 5.61. The Kier molecular flexibility index (Phi) is 3.91. The molecule has 1 aromatic heterocycles. The van der Waals surface area contributed by atoms with Crippen LogP contribution in [0, 0.1) is 0 Å². The number of likely N-dealkylation sites (N-methyl/N-ethyl adjacent to an activating group) is 1. The molecule has 0 aliphatic carbocycles. The van der Waals surface area contributed by atoms with E-state index in [4.69, 9.17) is 5.53 Å². The highest BCUT2D eigenvalue weighted by molar-refractivity contribution is 5.35. The first-order chi connectivity index (χ1) is 8.72. The van der Waals surface area contributed by atoms with Crippen LogP contribution in [0.5, 0.6) is 0 Å². The summed E-state index contributed by atoms with van der Waals surface area (Å²) in [5.41, 5.74) is 8.46. The van der Waals surface area contributed by atoms with Crippen molar-refractivity contribution in [3.63, 3.8) is 0 Å². The summed E-state index contributed by atoms with van der Waals surface area (Å²) in [5, 5.41) is 3.47. The smallest absolute Gasteiger partial charge is 0.229 e. The van der Waals surface area contributed by atoms with E-state index in [1.54, 1.807) is 0 Å². The molecule has 96 valence electrons. The molecule has 1 saturated heterocycles. The maximum atomic E-state index is 8.46. The highest BCUT2D eigenvalue weighted by Crippen LogP contribution is 2.15. The van der Waals surface area contributed by atoms with Crippen molar-refractivity contribution in [2.24, 2.45) is 5.11 Å². The van der Waals surface area contributed by atoms with Gasteiger partial charge in [0.05, 0.1) is 0 Å². The fourth-order valence-electron chi connectivity index (χ4n) is 1.79. The highest BCUT2D eigenvalue weighted by atomic mass is 15.3. The SMILES string of the molecule is CCc1nc(N=[N+]=[N-])nc(N2CCN(C)CC2)n1. The van der Waals surface area contributed by atoms with E-state index < -0.39 is 0 Å². The van der Waals surface area contributed by atoms with Gasteiger partial charge in [-0.1, -0.05) is 6.92 Å². The Hall–Kier alpha value is -1.92.